The Morgan fingerprint density at radius 3 is 2.44 bits per heavy atom. The van der Waals surface area contributed by atoms with Gasteiger partial charge in [0.1, 0.15) is 5.82 Å². The van der Waals surface area contributed by atoms with Crippen molar-refractivity contribution in [3.8, 4) is 0 Å². The summed E-state index contributed by atoms with van der Waals surface area (Å²) in [6, 6.07) is 7.25. The van der Waals surface area contributed by atoms with E-state index >= 15 is 0 Å². The van der Waals surface area contributed by atoms with Gasteiger partial charge in [-0.05, 0) is 44.9 Å². The molecule has 0 radical (unpaired) electrons. The second kappa shape index (κ2) is 8.15. The van der Waals surface area contributed by atoms with Crippen molar-refractivity contribution < 1.29 is 9.18 Å². The Morgan fingerprint density at radius 1 is 1.12 bits per heavy atom. The number of piperazine rings is 1. The summed E-state index contributed by atoms with van der Waals surface area (Å²) in [5, 5.41) is 2.78. The summed E-state index contributed by atoms with van der Waals surface area (Å²) in [7, 11) is 0. The molecule has 2 fully saturated rings. The molecule has 25 heavy (non-hydrogen) atoms. The van der Waals surface area contributed by atoms with Gasteiger partial charge in [0.05, 0.1) is 0 Å². The van der Waals surface area contributed by atoms with Gasteiger partial charge in [0.2, 0.25) is 0 Å². The zero-order valence-electron chi connectivity index (χ0n) is 15.2. The second-order valence-electron chi connectivity index (χ2n) is 7.28. The third-order valence-electron chi connectivity index (χ3n) is 5.54. The number of urea groups is 1. The molecule has 1 aromatic carbocycles. The number of carbonyl (C=O) groups is 1. The van der Waals surface area contributed by atoms with Crippen molar-refractivity contribution in [3.05, 3.63) is 30.1 Å². The lowest BCUT2D eigenvalue weighted by atomic mass is 10.2. The van der Waals surface area contributed by atoms with Crippen LogP contribution in [0.5, 0.6) is 0 Å². The third-order valence-corrected chi connectivity index (χ3v) is 5.54. The van der Waals surface area contributed by atoms with Crippen molar-refractivity contribution >= 4 is 11.7 Å². The van der Waals surface area contributed by atoms with Crippen LogP contribution in [0.2, 0.25) is 0 Å². The van der Waals surface area contributed by atoms with Gasteiger partial charge in [-0.25, -0.2) is 9.18 Å². The minimum Gasteiger partial charge on any atom is -0.322 e. The van der Waals surface area contributed by atoms with Crippen LogP contribution in [0.1, 0.15) is 26.7 Å². The van der Waals surface area contributed by atoms with E-state index in [1.165, 1.54) is 25.0 Å². The quantitative estimate of drug-likeness (QED) is 0.909. The molecule has 2 saturated heterocycles. The highest BCUT2D eigenvalue weighted by Crippen LogP contribution is 2.22. The Labute approximate surface area is 149 Å². The Morgan fingerprint density at radius 2 is 1.80 bits per heavy atom. The predicted molar refractivity (Wildman–Crippen MR) is 98.3 cm³/mol. The summed E-state index contributed by atoms with van der Waals surface area (Å²) in [6.07, 6.45) is 2.60. The first-order valence-corrected chi connectivity index (χ1v) is 9.32. The SMILES string of the molecule is C[C@@H]1CC[C@@H](C)N1CCN1CCN(C(=O)Nc2cccc(F)c2)CC1. The van der Waals surface area contributed by atoms with Crippen LogP contribution in [0, 0.1) is 5.82 Å². The van der Waals surface area contributed by atoms with E-state index in [1.54, 1.807) is 12.1 Å². The van der Waals surface area contributed by atoms with Gasteiger partial charge in [0, 0.05) is 57.0 Å². The van der Waals surface area contributed by atoms with Gasteiger partial charge in [0.25, 0.3) is 0 Å². The molecular weight excluding hydrogens is 319 g/mol. The van der Waals surface area contributed by atoms with Crippen molar-refractivity contribution in [3.63, 3.8) is 0 Å². The minimum absolute atomic E-state index is 0.146. The lowest BCUT2D eigenvalue weighted by molar-refractivity contribution is 0.123. The highest BCUT2D eigenvalue weighted by atomic mass is 19.1. The summed E-state index contributed by atoms with van der Waals surface area (Å²) in [5.41, 5.74) is 0.504. The molecule has 0 aromatic heterocycles. The van der Waals surface area contributed by atoms with Crippen LogP contribution in [0.4, 0.5) is 14.9 Å². The molecule has 2 amide bonds. The summed E-state index contributed by atoms with van der Waals surface area (Å²) in [5.74, 6) is -0.340. The molecule has 0 aliphatic carbocycles. The van der Waals surface area contributed by atoms with Crippen LogP contribution in [0.25, 0.3) is 0 Å². The first kappa shape index (κ1) is 18.1. The number of benzene rings is 1. The van der Waals surface area contributed by atoms with E-state index in [2.05, 4.69) is 29.0 Å². The molecule has 0 spiro atoms. The fourth-order valence-corrected chi connectivity index (χ4v) is 3.89. The number of hydrogen-bond acceptors (Lipinski definition) is 3. The number of rotatable bonds is 4. The lowest BCUT2D eigenvalue weighted by Gasteiger charge is -2.36. The standard InChI is InChI=1S/C19H29FN4O/c1-15-6-7-16(2)24(15)13-10-22-8-11-23(12-9-22)19(25)21-18-5-3-4-17(20)14-18/h3-5,14-16H,6-13H2,1-2H3,(H,21,25)/t15-,16-/m1/s1. The zero-order chi connectivity index (χ0) is 17.8. The number of nitrogens with one attached hydrogen (secondary N) is 1. The zero-order valence-corrected chi connectivity index (χ0v) is 15.2. The molecule has 1 aromatic rings. The monoisotopic (exact) mass is 348 g/mol. The van der Waals surface area contributed by atoms with E-state index in [0.29, 0.717) is 30.9 Å². The fraction of sp³-hybridized carbons (Fsp3) is 0.632. The van der Waals surface area contributed by atoms with Crippen LogP contribution in [0.15, 0.2) is 24.3 Å². The van der Waals surface area contributed by atoms with E-state index in [9.17, 15) is 9.18 Å². The number of halogens is 1. The summed E-state index contributed by atoms with van der Waals surface area (Å²) in [4.78, 5) is 19.1. The molecule has 6 heteroatoms. The normalized spacial score (nSPS) is 25.3. The van der Waals surface area contributed by atoms with Crippen LogP contribution in [0.3, 0.4) is 0 Å². The molecule has 0 unspecified atom stereocenters. The van der Waals surface area contributed by atoms with Crippen LogP contribution in [-0.4, -0.2) is 72.1 Å². The molecule has 0 bridgehead atoms. The Bertz CT molecular complexity index is 579. The number of hydrogen-bond donors (Lipinski definition) is 1. The molecule has 5 nitrogen and oxygen atoms in total. The lowest BCUT2D eigenvalue weighted by Crippen LogP contribution is -2.51. The molecule has 1 N–H and O–H groups in total. The predicted octanol–water partition coefficient (Wildman–Crippen LogP) is 2.85. The molecular formula is C19H29FN4O. The molecule has 2 heterocycles. The maximum absolute atomic E-state index is 13.2. The minimum atomic E-state index is -0.340. The summed E-state index contributed by atoms with van der Waals surface area (Å²) < 4.78 is 13.2. The average molecular weight is 348 g/mol. The Kier molecular flexibility index (Phi) is 5.91. The molecule has 0 saturated carbocycles. The van der Waals surface area contributed by atoms with Crippen LogP contribution in [-0.2, 0) is 0 Å². The Balaban J connectivity index is 1.41. The van der Waals surface area contributed by atoms with E-state index in [4.69, 9.17) is 0 Å². The second-order valence-corrected chi connectivity index (χ2v) is 7.28. The van der Waals surface area contributed by atoms with Crippen molar-refractivity contribution in [2.45, 2.75) is 38.8 Å². The van der Waals surface area contributed by atoms with Gasteiger partial charge < -0.3 is 10.2 Å². The van der Waals surface area contributed by atoms with Crippen molar-refractivity contribution in [1.29, 1.82) is 0 Å². The first-order valence-electron chi connectivity index (χ1n) is 9.32. The van der Waals surface area contributed by atoms with Gasteiger partial charge in [-0.1, -0.05) is 6.07 Å². The van der Waals surface area contributed by atoms with Crippen LogP contribution >= 0.6 is 0 Å². The van der Waals surface area contributed by atoms with Crippen LogP contribution < -0.4 is 5.32 Å². The van der Waals surface area contributed by atoms with E-state index in [1.807, 2.05) is 4.90 Å². The largest absolute Gasteiger partial charge is 0.322 e. The summed E-state index contributed by atoms with van der Waals surface area (Å²) in [6.45, 7) is 10.0. The molecule has 2 aliphatic heterocycles. The molecule has 3 rings (SSSR count). The van der Waals surface area contributed by atoms with Gasteiger partial charge >= 0.3 is 6.03 Å². The van der Waals surface area contributed by atoms with E-state index in [0.717, 1.165) is 26.2 Å². The number of amides is 2. The van der Waals surface area contributed by atoms with E-state index < -0.39 is 0 Å². The molecule has 2 aliphatic rings. The van der Waals surface area contributed by atoms with Gasteiger partial charge in [-0.2, -0.15) is 0 Å². The molecule has 138 valence electrons. The third kappa shape index (κ3) is 4.70. The van der Waals surface area contributed by atoms with Gasteiger partial charge in [-0.3, -0.25) is 9.80 Å². The average Bonchev–Trinajstić information content (AvgIpc) is 2.92. The van der Waals surface area contributed by atoms with Crippen molar-refractivity contribution in [1.82, 2.24) is 14.7 Å². The maximum atomic E-state index is 13.2. The highest BCUT2D eigenvalue weighted by Gasteiger charge is 2.28. The van der Waals surface area contributed by atoms with Crippen molar-refractivity contribution in [2.75, 3.05) is 44.6 Å². The van der Waals surface area contributed by atoms with Gasteiger partial charge in [-0.15, -0.1) is 0 Å². The number of carbonyl (C=O) groups excluding carboxylic acids is 1. The number of likely N-dealkylation sites (tertiary alicyclic amines) is 1. The van der Waals surface area contributed by atoms with E-state index in [-0.39, 0.29) is 11.8 Å². The van der Waals surface area contributed by atoms with Crippen molar-refractivity contribution in [2.24, 2.45) is 0 Å². The topological polar surface area (TPSA) is 38.8 Å². The number of nitrogens with zero attached hydrogens (tertiary/aromatic N) is 3. The maximum Gasteiger partial charge on any atom is 0.321 e. The van der Waals surface area contributed by atoms with Gasteiger partial charge in [0.15, 0.2) is 0 Å². The highest BCUT2D eigenvalue weighted by molar-refractivity contribution is 5.89. The Hall–Kier alpha value is -1.66. The number of anilines is 1. The fourth-order valence-electron chi connectivity index (χ4n) is 3.89. The summed E-state index contributed by atoms with van der Waals surface area (Å²) >= 11 is 0. The molecule has 2 atom stereocenters. The smallest absolute Gasteiger partial charge is 0.321 e. The first-order chi connectivity index (χ1) is 12.0.